The number of aryl methyl sites for hydroxylation is 1. The molecule has 4 rings (SSSR count). The van der Waals surface area contributed by atoms with Crippen molar-refractivity contribution in [3.05, 3.63) is 95.7 Å². The molecule has 2 aromatic heterocycles. The highest BCUT2D eigenvalue weighted by molar-refractivity contribution is 5.98. The summed E-state index contributed by atoms with van der Waals surface area (Å²) < 4.78 is 15.5. The molecular weight excluding hydrogens is 369 g/mol. The molecule has 0 aliphatic carbocycles. The van der Waals surface area contributed by atoms with E-state index in [0.717, 1.165) is 16.8 Å². The summed E-state index contributed by atoms with van der Waals surface area (Å²) in [5.74, 6) is -0.800. The molecule has 0 saturated heterocycles. The number of hydrogen-bond acceptors (Lipinski definition) is 4. The van der Waals surface area contributed by atoms with Crippen LogP contribution in [0.15, 0.2) is 73.1 Å². The molecule has 29 heavy (non-hydrogen) atoms. The van der Waals surface area contributed by atoms with Crippen LogP contribution in [0.3, 0.4) is 0 Å². The smallest absolute Gasteiger partial charge is 0.274 e. The third kappa shape index (κ3) is 3.75. The summed E-state index contributed by atoms with van der Waals surface area (Å²) in [7, 11) is 0. The van der Waals surface area contributed by atoms with Crippen LogP contribution in [0.5, 0.6) is 0 Å². The highest BCUT2D eigenvalue weighted by atomic mass is 19.1. The molecule has 0 atom stereocenters. The van der Waals surface area contributed by atoms with Crippen LogP contribution in [0.2, 0.25) is 0 Å². The first-order valence-electron chi connectivity index (χ1n) is 9.09. The first-order chi connectivity index (χ1) is 14.1. The first-order valence-corrected chi connectivity index (χ1v) is 9.09. The van der Waals surface area contributed by atoms with Crippen LogP contribution in [-0.4, -0.2) is 25.9 Å². The van der Waals surface area contributed by atoms with Gasteiger partial charge in [0.05, 0.1) is 5.69 Å². The summed E-state index contributed by atoms with van der Waals surface area (Å²) in [6.45, 7) is 2.02. The van der Waals surface area contributed by atoms with Crippen LogP contribution in [0.25, 0.3) is 16.9 Å². The van der Waals surface area contributed by atoms with Gasteiger partial charge in [0.1, 0.15) is 11.5 Å². The summed E-state index contributed by atoms with van der Waals surface area (Å²) in [6, 6.07) is 17.6. The van der Waals surface area contributed by atoms with Gasteiger partial charge in [0.25, 0.3) is 5.91 Å². The van der Waals surface area contributed by atoms with Gasteiger partial charge in [-0.15, -0.1) is 5.10 Å². The van der Waals surface area contributed by atoms with Crippen molar-refractivity contribution < 1.29 is 9.18 Å². The van der Waals surface area contributed by atoms with Gasteiger partial charge < -0.3 is 5.32 Å². The number of carbonyl (C=O) groups excluding carboxylic acids is 1. The third-order valence-corrected chi connectivity index (χ3v) is 4.58. The standard InChI is InChI=1S/C22H18FN5O/c1-15-6-2-5-9-19(15)28-21(16-10-12-24-13-11-16)20(26-27-28)22(29)25-14-17-7-3-4-8-18(17)23/h2-13H,14H2,1H3,(H,25,29). The van der Waals surface area contributed by atoms with Crippen LogP contribution in [0, 0.1) is 12.7 Å². The van der Waals surface area contributed by atoms with Gasteiger partial charge in [-0.25, -0.2) is 9.07 Å². The van der Waals surface area contributed by atoms with Crippen molar-refractivity contribution in [3.63, 3.8) is 0 Å². The normalized spacial score (nSPS) is 10.7. The number of rotatable bonds is 5. The summed E-state index contributed by atoms with van der Waals surface area (Å²) in [5, 5.41) is 11.1. The molecule has 6 nitrogen and oxygen atoms in total. The van der Waals surface area contributed by atoms with Crippen molar-refractivity contribution in [2.45, 2.75) is 13.5 Å². The molecule has 0 aliphatic rings. The lowest BCUT2D eigenvalue weighted by Gasteiger charge is -2.11. The van der Waals surface area contributed by atoms with E-state index in [1.807, 2.05) is 31.2 Å². The van der Waals surface area contributed by atoms with Crippen LogP contribution in [0.1, 0.15) is 21.6 Å². The number of para-hydroxylation sites is 1. The Bertz CT molecular complexity index is 1160. The minimum atomic E-state index is -0.431. The van der Waals surface area contributed by atoms with Crippen molar-refractivity contribution in [1.29, 1.82) is 0 Å². The molecule has 1 amide bonds. The second-order valence-electron chi connectivity index (χ2n) is 6.49. The van der Waals surface area contributed by atoms with Crippen molar-refractivity contribution in [2.75, 3.05) is 0 Å². The Morgan fingerprint density at radius 1 is 1.03 bits per heavy atom. The molecule has 0 saturated carbocycles. The summed E-state index contributed by atoms with van der Waals surface area (Å²) >= 11 is 0. The Morgan fingerprint density at radius 2 is 1.76 bits per heavy atom. The molecule has 7 heteroatoms. The van der Waals surface area contributed by atoms with Gasteiger partial charge in [-0.05, 0) is 36.8 Å². The Hall–Kier alpha value is -3.87. The van der Waals surface area contributed by atoms with E-state index in [9.17, 15) is 9.18 Å². The minimum absolute atomic E-state index is 0.0541. The van der Waals surface area contributed by atoms with Crippen LogP contribution in [-0.2, 0) is 6.54 Å². The molecule has 0 radical (unpaired) electrons. The lowest BCUT2D eigenvalue weighted by atomic mass is 10.1. The van der Waals surface area contributed by atoms with Crippen molar-refractivity contribution >= 4 is 5.91 Å². The van der Waals surface area contributed by atoms with E-state index in [0.29, 0.717) is 11.3 Å². The Kier molecular flexibility index (Phi) is 5.11. The van der Waals surface area contributed by atoms with Crippen LogP contribution >= 0.6 is 0 Å². The number of amides is 1. The molecule has 0 fully saturated rings. The first kappa shape index (κ1) is 18.5. The summed E-state index contributed by atoms with van der Waals surface area (Å²) in [4.78, 5) is 16.9. The Labute approximate surface area is 167 Å². The third-order valence-electron chi connectivity index (χ3n) is 4.58. The van der Waals surface area contributed by atoms with Gasteiger partial charge in [0, 0.05) is 30.1 Å². The number of hydrogen-bond donors (Lipinski definition) is 1. The number of pyridine rings is 1. The van der Waals surface area contributed by atoms with Gasteiger partial charge in [-0.3, -0.25) is 9.78 Å². The lowest BCUT2D eigenvalue weighted by Crippen LogP contribution is -2.24. The van der Waals surface area contributed by atoms with E-state index in [1.54, 1.807) is 47.4 Å². The highest BCUT2D eigenvalue weighted by Crippen LogP contribution is 2.26. The van der Waals surface area contributed by atoms with Gasteiger partial charge in [-0.2, -0.15) is 0 Å². The maximum Gasteiger partial charge on any atom is 0.274 e. The number of aromatic nitrogens is 4. The SMILES string of the molecule is Cc1ccccc1-n1nnc(C(=O)NCc2ccccc2F)c1-c1ccncc1. The Morgan fingerprint density at radius 3 is 2.52 bits per heavy atom. The van der Waals surface area contributed by atoms with Crippen LogP contribution in [0.4, 0.5) is 4.39 Å². The molecular formula is C22H18FN5O. The van der Waals surface area contributed by atoms with E-state index in [2.05, 4.69) is 20.6 Å². The zero-order valence-corrected chi connectivity index (χ0v) is 15.7. The summed E-state index contributed by atoms with van der Waals surface area (Å²) in [5.41, 5.74) is 3.68. The molecule has 144 valence electrons. The number of nitrogens with zero attached hydrogens (tertiary/aromatic N) is 4. The maximum absolute atomic E-state index is 13.9. The predicted octanol–water partition coefficient (Wildman–Crippen LogP) is 3.71. The van der Waals surface area contributed by atoms with Gasteiger partial charge in [-0.1, -0.05) is 41.6 Å². The van der Waals surface area contributed by atoms with E-state index in [4.69, 9.17) is 0 Å². The van der Waals surface area contributed by atoms with Crippen LogP contribution < -0.4 is 5.32 Å². The fraction of sp³-hybridized carbons (Fsp3) is 0.0909. The number of halogens is 1. The monoisotopic (exact) mass is 387 g/mol. The number of carbonyl (C=O) groups is 1. The molecule has 0 spiro atoms. The topological polar surface area (TPSA) is 72.7 Å². The molecule has 2 heterocycles. The molecule has 4 aromatic rings. The van der Waals surface area contributed by atoms with Gasteiger partial charge >= 0.3 is 0 Å². The quantitative estimate of drug-likeness (QED) is 0.567. The van der Waals surface area contributed by atoms with Gasteiger partial charge in [0.2, 0.25) is 0 Å². The van der Waals surface area contributed by atoms with Crippen molar-refractivity contribution in [1.82, 2.24) is 25.3 Å². The van der Waals surface area contributed by atoms with E-state index < -0.39 is 5.91 Å². The fourth-order valence-corrected chi connectivity index (χ4v) is 3.07. The predicted molar refractivity (Wildman–Crippen MR) is 107 cm³/mol. The van der Waals surface area contributed by atoms with E-state index >= 15 is 0 Å². The average Bonchev–Trinajstić information content (AvgIpc) is 3.19. The minimum Gasteiger partial charge on any atom is -0.346 e. The van der Waals surface area contributed by atoms with E-state index in [1.165, 1.54) is 6.07 Å². The molecule has 2 aromatic carbocycles. The zero-order valence-electron chi connectivity index (χ0n) is 15.7. The molecule has 0 unspecified atom stereocenters. The van der Waals surface area contributed by atoms with Gasteiger partial charge in [0.15, 0.2) is 5.69 Å². The molecule has 0 aliphatic heterocycles. The largest absolute Gasteiger partial charge is 0.346 e. The molecule has 1 N–H and O–H groups in total. The summed E-state index contributed by atoms with van der Waals surface area (Å²) in [6.07, 6.45) is 3.29. The molecule has 0 bridgehead atoms. The van der Waals surface area contributed by atoms with Crippen molar-refractivity contribution in [3.8, 4) is 16.9 Å². The zero-order chi connectivity index (χ0) is 20.2. The van der Waals surface area contributed by atoms with E-state index in [-0.39, 0.29) is 18.1 Å². The average molecular weight is 387 g/mol. The lowest BCUT2D eigenvalue weighted by molar-refractivity contribution is 0.0946. The number of benzene rings is 2. The second kappa shape index (κ2) is 8.02. The fourth-order valence-electron chi connectivity index (χ4n) is 3.07. The maximum atomic E-state index is 13.9. The second-order valence-corrected chi connectivity index (χ2v) is 6.49. The number of nitrogens with one attached hydrogen (secondary N) is 1. The Balaban J connectivity index is 1.73. The highest BCUT2D eigenvalue weighted by Gasteiger charge is 2.22. The van der Waals surface area contributed by atoms with Crippen molar-refractivity contribution in [2.24, 2.45) is 0 Å².